The summed E-state index contributed by atoms with van der Waals surface area (Å²) in [7, 11) is 3.63. The van der Waals surface area contributed by atoms with Gasteiger partial charge in [-0.15, -0.1) is 0 Å². The van der Waals surface area contributed by atoms with Gasteiger partial charge in [-0.25, -0.2) is 0 Å². The molecule has 0 aliphatic heterocycles. The molecule has 1 fully saturated rings. The summed E-state index contributed by atoms with van der Waals surface area (Å²) >= 11 is 0. The maximum absolute atomic E-state index is 11.5. The third-order valence-electron chi connectivity index (χ3n) is 3.35. The highest BCUT2D eigenvalue weighted by molar-refractivity contribution is 5.80. The van der Waals surface area contributed by atoms with Crippen LogP contribution < -0.4 is 5.32 Å². The number of hydrogen-bond acceptors (Lipinski definition) is 3. The van der Waals surface area contributed by atoms with Crippen LogP contribution in [0, 0.1) is 5.41 Å². The fourth-order valence-corrected chi connectivity index (χ4v) is 2.31. The van der Waals surface area contributed by atoms with Crippen molar-refractivity contribution in [3.8, 4) is 0 Å². The summed E-state index contributed by atoms with van der Waals surface area (Å²) in [6.45, 7) is 0.560. The summed E-state index contributed by atoms with van der Waals surface area (Å²) in [6.07, 6.45) is 4.32. The molecular weight excluding hydrogens is 220 g/mol. The summed E-state index contributed by atoms with van der Waals surface area (Å²) in [4.78, 5) is 24.6. The van der Waals surface area contributed by atoms with Crippen LogP contribution in [0.2, 0.25) is 0 Å². The van der Waals surface area contributed by atoms with E-state index in [2.05, 4.69) is 5.32 Å². The van der Waals surface area contributed by atoms with E-state index in [1.165, 1.54) is 0 Å². The van der Waals surface area contributed by atoms with Gasteiger partial charge in [-0.3, -0.25) is 9.59 Å². The molecule has 2 N–H and O–H groups in total. The summed E-state index contributed by atoms with van der Waals surface area (Å²) in [5, 5.41) is 12.1. The first kappa shape index (κ1) is 14.0. The van der Waals surface area contributed by atoms with E-state index in [4.69, 9.17) is 0 Å². The SMILES string of the molecule is CN(C)CC(=O)NCC1(C(=O)O)CCCCC1. The van der Waals surface area contributed by atoms with Crippen molar-refractivity contribution in [3.63, 3.8) is 0 Å². The van der Waals surface area contributed by atoms with Gasteiger partial charge in [0.25, 0.3) is 0 Å². The first-order valence-corrected chi connectivity index (χ1v) is 6.11. The van der Waals surface area contributed by atoms with Gasteiger partial charge >= 0.3 is 5.97 Å². The highest BCUT2D eigenvalue weighted by Crippen LogP contribution is 2.35. The van der Waals surface area contributed by atoms with E-state index >= 15 is 0 Å². The molecule has 0 heterocycles. The smallest absolute Gasteiger partial charge is 0.311 e. The molecule has 1 aliphatic rings. The van der Waals surface area contributed by atoms with E-state index in [0.717, 1.165) is 19.3 Å². The van der Waals surface area contributed by atoms with Crippen LogP contribution >= 0.6 is 0 Å². The molecule has 0 saturated heterocycles. The largest absolute Gasteiger partial charge is 0.481 e. The minimum atomic E-state index is -0.776. The number of hydrogen-bond donors (Lipinski definition) is 2. The lowest BCUT2D eigenvalue weighted by atomic mass is 9.74. The molecule has 1 aliphatic carbocycles. The molecular formula is C12H22N2O3. The Kier molecular flexibility index (Phi) is 4.93. The molecule has 0 spiro atoms. The van der Waals surface area contributed by atoms with Gasteiger partial charge in [0.05, 0.1) is 12.0 Å². The highest BCUT2D eigenvalue weighted by atomic mass is 16.4. The number of aliphatic carboxylic acids is 1. The van der Waals surface area contributed by atoms with Gasteiger partial charge in [0.1, 0.15) is 0 Å². The Morgan fingerprint density at radius 3 is 2.29 bits per heavy atom. The van der Waals surface area contributed by atoms with Crippen LogP contribution in [0.4, 0.5) is 0 Å². The topological polar surface area (TPSA) is 69.6 Å². The van der Waals surface area contributed by atoms with E-state index in [-0.39, 0.29) is 12.5 Å². The van der Waals surface area contributed by atoms with Gasteiger partial charge in [-0.05, 0) is 26.9 Å². The molecule has 17 heavy (non-hydrogen) atoms. The third kappa shape index (κ3) is 4.00. The van der Waals surface area contributed by atoms with E-state index in [0.29, 0.717) is 19.4 Å². The molecule has 0 aromatic carbocycles. The summed E-state index contributed by atoms with van der Waals surface area (Å²) in [6, 6.07) is 0. The molecule has 98 valence electrons. The molecule has 0 atom stereocenters. The zero-order valence-corrected chi connectivity index (χ0v) is 10.7. The Labute approximate surface area is 102 Å². The zero-order chi connectivity index (χ0) is 12.9. The number of amides is 1. The summed E-state index contributed by atoms with van der Waals surface area (Å²) in [5.74, 6) is -0.886. The van der Waals surface area contributed by atoms with Gasteiger partial charge < -0.3 is 15.3 Å². The molecule has 1 amide bonds. The van der Waals surface area contributed by atoms with E-state index in [1.54, 1.807) is 4.90 Å². The molecule has 0 bridgehead atoms. The number of carbonyl (C=O) groups is 2. The number of carboxylic acid groups (broad SMARTS) is 1. The van der Waals surface area contributed by atoms with Crippen LogP contribution in [-0.4, -0.2) is 49.1 Å². The normalized spacial score (nSPS) is 19.0. The lowest BCUT2D eigenvalue weighted by Crippen LogP contribution is -2.46. The number of nitrogens with one attached hydrogen (secondary N) is 1. The highest BCUT2D eigenvalue weighted by Gasteiger charge is 2.39. The second-order valence-electron chi connectivity index (χ2n) is 5.16. The molecule has 1 saturated carbocycles. The number of rotatable bonds is 5. The molecule has 0 unspecified atom stereocenters. The number of likely N-dealkylation sites (N-methyl/N-ethyl adjacent to an activating group) is 1. The van der Waals surface area contributed by atoms with Crippen molar-refractivity contribution < 1.29 is 14.7 Å². The van der Waals surface area contributed by atoms with Crippen molar-refractivity contribution in [2.75, 3.05) is 27.2 Å². The quantitative estimate of drug-likeness (QED) is 0.744. The van der Waals surface area contributed by atoms with Crippen LogP contribution in [-0.2, 0) is 9.59 Å². The first-order chi connectivity index (χ1) is 7.96. The van der Waals surface area contributed by atoms with Crippen LogP contribution in [0.1, 0.15) is 32.1 Å². The Morgan fingerprint density at radius 2 is 1.82 bits per heavy atom. The van der Waals surface area contributed by atoms with Crippen molar-refractivity contribution in [2.45, 2.75) is 32.1 Å². The predicted molar refractivity (Wildman–Crippen MR) is 64.7 cm³/mol. The van der Waals surface area contributed by atoms with E-state index < -0.39 is 11.4 Å². The van der Waals surface area contributed by atoms with Crippen molar-refractivity contribution in [2.24, 2.45) is 5.41 Å². The fourth-order valence-electron chi connectivity index (χ4n) is 2.31. The molecule has 5 heteroatoms. The second-order valence-corrected chi connectivity index (χ2v) is 5.16. The van der Waals surface area contributed by atoms with Gasteiger partial charge in [0.2, 0.25) is 5.91 Å². The van der Waals surface area contributed by atoms with Gasteiger partial charge in [-0.1, -0.05) is 19.3 Å². The Bertz CT molecular complexity index is 283. The lowest BCUT2D eigenvalue weighted by molar-refractivity contribution is -0.151. The summed E-state index contributed by atoms with van der Waals surface area (Å²) < 4.78 is 0. The predicted octanol–water partition coefficient (Wildman–Crippen LogP) is 0.699. The first-order valence-electron chi connectivity index (χ1n) is 6.11. The second kappa shape index (κ2) is 6.00. The van der Waals surface area contributed by atoms with E-state index in [1.807, 2.05) is 14.1 Å². The van der Waals surface area contributed by atoms with Crippen molar-refractivity contribution >= 4 is 11.9 Å². The molecule has 1 rings (SSSR count). The maximum atomic E-state index is 11.5. The monoisotopic (exact) mass is 242 g/mol. The Morgan fingerprint density at radius 1 is 1.24 bits per heavy atom. The number of nitrogens with zero attached hydrogens (tertiary/aromatic N) is 1. The molecule has 5 nitrogen and oxygen atoms in total. The molecule has 0 radical (unpaired) electrons. The van der Waals surface area contributed by atoms with Gasteiger partial charge in [0, 0.05) is 6.54 Å². The van der Waals surface area contributed by atoms with Crippen molar-refractivity contribution in [1.82, 2.24) is 10.2 Å². The minimum absolute atomic E-state index is 0.110. The zero-order valence-electron chi connectivity index (χ0n) is 10.7. The average Bonchev–Trinajstić information content (AvgIpc) is 2.26. The van der Waals surface area contributed by atoms with Crippen LogP contribution in [0.15, 0.2) is 0 Å². The number of carboxylic acids is 1. The Hall–Kier alpha value is -1.10. The van der Waals surface area contributed by atoms with Crippen LogP contribution in [0.25, 0.3) is 0 Å². The van der Waals surface area contributed by atoms with Gasteiger partial charge in [-0.2, -0.15) is 0 Å². The molecule has 0 aromatic rings. The standard InChI is InChI=1S/C12H22N2O3/c1-14(2)8-10(15)13-9-12(11(16)17)6-4-3-5-7-12/h3-9H2,1-2H3,(H,13,15)(H,16,17). The molecule has 0 aromatic heterocycles. The number of carbonyl (C=O) groups excluding carboxylic acids is 1. The van der Waals surface area contributed by atoms with Crippen molar-refractivity contribution in [1.29, 1.82) is 0 Å². The summed E-state index contributed by atoms with van der Waals surface area (Å²) in [5.41, 5.74) is -0.736. The lowest BCUT2D eigenvalue weighted by Gasteiger charge is -2.33. The fraction of sp³-hybridized carbons (Fsp3) is 0.833. The van der Waals surface area contributed by atoms with Crippen LogP contribution in [0.5, 0.6) is 0 Å². The van der Waals surface area contributed by atoms with E-state index in [9.17, 15) is 14.7 Å². The minimum Gasteiger partial charge on any atom is -0.481 e. The maximum Gasteiger partial charge on any atom is 0.311 e. The average molecular weight is 242 g/mol. The van der Waals surface area contributed by atoms with Crippen molar-refractivity contribution in [3.05, 3.63) is 0 Å². The Balaban J connectivity index is 2.50. The van der Waals surface area contributed by atoms with Gasteiger partial charge in [0.15, 0.2) is 0 Å². The third-order valence-corrected chi connectivity index (χ3v) is 3.35. The van der Waals surface area contributed by atoms with Crippen LogP contribution in [0.3, 0.4) is 0 Å².